The first-order valence-corrected chi connectivity index (χ1v) is 9.69. The average molecular weight is 324 g/mol. The molecule has 0 heterocycles. The van der Waals surface area contributed by atoms with Crippen LogP contribution in [0.4, 0.5) is 0 Å². The summed E-state index contributed by atoms with van der Waals surface area (Å²) in [6.07, 6.45) is 10.7. The summed E-state index contributed by atoms with van der Waals surface area (Å²) < 4.78 is 6.48. The zero-order chi connectivity index (χ0) is 16.4. The molecule has 2 heteroatoms. The molecular formula is C22H28O2. The molecule has 0 aromatic heterocycles. The van der Waals surface area contributed by atoms with E-state index in [1.165, 1.54) is 54.9 Å². The van der Waals surface area contributed by atoms with Crippen LogP contribution in [0.1, 0.15) is 69.3 Å². The number of hydrogen-bond acceptors (Lipinski definition) is 2. The molecule has 2 nitrogen and oxygen atoms in total. The molecule has 0 saturated heterocycles. The van der Waals surface area contributed by atoms with Crippen molar-refractivity contribution in [1.82, 2.24) is 0 Å². The van der Waals surface area contributed by atoms with Gasteiger partial charge in [-0.3, -0.25) is 0 Å². The Morgan fingerprint density at radius 2 is 1.54 bits per heavy atom. The fourth-order valence-corrected chi connectivity index (χ4v) is 4.57. The van der Waals surface area contributed by atoms with Crippen LogP contribution < -0.4 is 4.74 Å². The van der Waals surface area contributed by atoms with E-state index in [2.05, 4.69) is 36.4 Å². The molecule has 0 bridgehead atoms. The van der Waals surface area contributed by atoms with Crippen molar-refractivity contribution >= 4 is 10.8 Å². The summed E-state index contributed by atoms with van der Waals surface area (Å²) in [5, 5.41) is 13.2. The van der Waals surface area contributed by atoms with Gasteiger partial charge in [-0.05, 0) is 55.4 Å². The molecule has 0 radical (unpaired) electrons. The number of rotatable bonds is 3. The first kappa shape index (κ1) is 16.0. The van der Waals surface area contributed by atoms with Gasteiger partial charge in [0, 0.05) is 11.5 Å². The van der Waals surface area contributed by atoms with E-state index in [4.69, 9.17) is 4.74 Å². The smallest absolute Gasteiger partial charge is 0.123 e. The van der Waals surface area contributed by atoms with Crippen LogP contribution in [0.2, 0.25) is 0 Å². The number of benzene rings is 2. The fraction of sp³-hybridized carbons (Fsp3) is 0.545. The van der Waals surface area contributed by atoms with Gasteiger partial charge in [-0.15, -0.1) is 0 Å². The Morgan fingerprint density at radius 1 is 0.792 bits per heavy atom. The third-order valence-electron chi connectivity index (χ3n) is 5.88. The van der Waals surface area contributed by atoms with E-state index in [9.17, 15) is 5.11 Å². The lowest BCUT2D eigenvalue weighted by molar-refractivity contribution is 0.101. The highest BCUT2D eigenvalue weighted by Gasteiger charge is 2.29. The normalized spacial score (nSPS) is 25.7. The van der Waals surface area contributed by atoms with E-state index in [1.54, 1.807) is 0 Å². The van der Waals surface area contributed by atoms with Crippen molar-refractivity contribution in [3.8, 4) is 5.75 Å². The number of fused-ring (bicyclic) bond motifs is 1. The molecule has 2 aromatic carbocycles. The van der Waals surface area contributed by atoms with Gasteiger partial charge < -0.3 is 9.84 Å². The number of aliphatic hydroxyl groups is 1. The third kappa shape index (κ3) is 3.17. The summed E-state index contributed by atoms with van der Waals surface area (Å²) in [4.78, 5) is 0. The van der Waals surface area contributed by atoms with Crippen LogP contribution in [0, 0.1) is 0 Å². The van der Waals surface area contributed by atoms with Crippen molar-refractivity contribution in [2.24, 2.45) is 0 Å². The van der Waals surface area contributed by atoms with Crippen LogP contribution >= 0.6 is 0 Å². The SMILES string of the molecule is O[C@@H]1CCCC[C@@H]1c1c(OC2CCCCC2)ccc2ccccc12. The molecule has 0 aliphatic heterocycles. The molecule has 4 rings (SSSR count). The predicted octanol–water partition coefficient (Wildman–Crippen LogP) is 5.57. The van der Waals surface area contributed by atoms with Gasteiger partial charge in [-0.1, -0.05) is 49.6 Å². The highest BCUT2D eigenvalue weighted by molar-refractivity contribution is 5.88. The van der Waals surface area contributed by atoms with E-state index in [0.29, 0.717) is 6.10 Å². The van der Waals surface area contributed by atoms with E-state index < -0.39 is 0 Å². The second-order valence-corrected chi connectivity index (χ2v) is 7.53. The summed E-state index contributed by atoms with van der Waals surface area (Å²) >= 11 is 0. The molecule has 1 N–H and O–H groups in total. The van der Waals surface area contributed by atoms with Crippen LogP contribution in [-0.2, 0) is 0 Å². The zero-order valence-electron chi connectivity index (χ0n) is 14.4. The quantitative estimate of drug-likeness (QED) is 0.800. The lowest BCUT2D eigenvalue weighted by Crippen LogP contribution is -2.25. The van der Waals surface area contributed by atoms with Gasteiger partial charge in [0.1, 0.15) is 5.75 Å². The Labute approximate surface area is 144 Å². The van der Waals surface area contributed by atoms with Crippen molar-refractivity contribution in [2.45, 2.75) is 75.9 Å². The highest BCUT2D eigenvalue weighted by atomic mass is 16.5. The molecule has 0 unspecified atom stereocenters. The maximum atomic E-state index is 10.7. The molecule has 0 amide bonds. The monoisotopic (exact) mass is 324 g/mol. The molecule has 2 aliphatic carbocycles. The van der Waals surface area contributed by atoms with Crippen LogP contribution in [0.15, 0.2) is 36.4 Å². The Hall–Kier alpha value is -1.54. The Balaban J connectivity index is 1.75. The number of ether oxygens (including phenoxy) is 1. The summed E-state index contributed by atoms with van der Waals surface area (Å²) in [5.74, 6) is 1.23. The predicted molar refractivity (Wildman–Crippen MR) is 98.7 cm³/mol. The average Bonchev–Trinajstić information content (AvgIpc) is 2.63. The van der Waals surface area contributed by atoms with Crippen molar-refractivity contribution in [3.63, 3.8) is 0 Å². The number of hydrogen-bond donors (Lipinski definition) is 1. The minimum Gasteiger partial charge on any atom is -0.490 e. The summed E-state index contributed by atoms with van der Waals surface area (Å²) in [6, 6.07) is 12.9. The molecule has 2 saturated carbocycles. The minimum absolute atomic E-state index is 0.212. The van der Waals surface area contributed by atoms with Crippen LogP contribution in [0.25, 0.3) is 10.8 Å². The largest absolute Gasteiger partial charge is 0.490 e. The topological polar surface area (TPSA) is 29.5 Å². The maximum Gasteiger partial charge on any atom is 0.123 e. The van der Waals surface area contributed by atoms with Gasteiger partial charge in [0.15, 0.2) is 0 Å². The first-order valence-electron chi connectivity index (χ1n) is 9.69. The van der Waals surface area contributed by atoms with Gasteiger partial charge in [-0.25, -0.2) is 0 Å². The molecule has 24 heavy (non-hydrogen) atoms. The summed E-state index contributed by atoms with van der Waals surface area (Å²) in [7, 11) is 0. The highest BCUT2D eigenvalue weighted by Crippen LogP contribution is 2.42. The molecule has 2 aliphatic rings. The van der Waals surface area contributed by atoms with Crippen molar-refractivity contribution in [2.75, 3.05) is 0 Å². The van der Waals surface area contributed by atoms with E-state index in [1.807, 2.05) is 0 Å². The second-order valence-electron chi connectivity index (χ2n) is 7.53. The molecule has 2 aromatic rings. The molecule has 0 spiro atoms. The van der Waals surface area contributed by atoms with Crippen molar-refractivity contribution in [1.29, 1.82) is 0 Å². The van der Waals surface area contributed by atoms with Crippen LogP contribution in [0.5, 0.6) is 5.75 Å². The van der Waals surface area contributed by atoms with Crippen LogP contribution in [-0.4, -0.2) is 17.3 Å². The summed E-state index contributed by atoms with van der Waals surface area (Å²) in [6.45, 7) is 0. The zero-order valence-corrected chi connectivity index (χ0v) is 14.4. The Kier molecular flexibility index (Phi) is 4.75. The van der Waals surface area contributed by atoms with Crippen LogP contribution in [0.3, 0.4) is 0 Å². The molecule has 2 atom stereocenters. The maximum absolute atomic E-state index is 10.7. The van der Waals surface area contributed by atoms with E-state index >= 15 is 0 Å². The van der Waals surface area contributed by atoms with E-state index in [-0.39, 0.29) is 12.0 Å². The van der Waals surface area contributed by atoms with Gasteiger partial charge in [0.25, 0.3) is 0 Å². The Morgan fingerprint density at radius 3 is 2.38 bits per heavy atom. The molecule has 128 valence electrons. The third-order valence-corrected chi connectivity index (χ3v) is 5.88. The fourth-order valence-electron chi connectivity index (χ4n) is 4.57. The lowest BCUT2D eigenvalue weighted by atomic mass is 9.79. The first-order chi connectivity index (χ1) is 11.8. The number of aliphatic hydroxyl groups excluding tert-OH is 1. The van der Waals surface area contributed by atoms with Gasteiger partial charge in [-0.2, -0.15) is 0 Å². The Bertz CT molecular complexity index is 687. The standard InChI is InChI=1S/C22H28O2/c23-20-13-7-6-12-19(20)22-18-11-5-4-8-16(18)14-15-21(22)24-17-9-2-1-3-10-17/h4-5,8,11,14-15,17,19-20,23H,1-3,6-7,9-10,12-13H2/t19-,20+/m0/s1. The van der Waals surface area contributed by atoms with Gasteiger partial charge in [0.2, 0.25) is 0 Å². The molecular weight excluding hydrogens is 296 g/mol. The molecule has 2 fully saturated rings. The summed E-state index contributed by atoms with van der Waals surface area (Å²) in [5.41, 5.74) is 1.26. The van der Waals surface area contributed by atoms with Crippen molar-refractivity contribution < 1.29 is 9.84 Å². The minimum atomic E-state index is -0.238. The van der Waals surface area contributed by atoms with Gasteiger partial charge in [0.05, 0.1) is 12.2 Å². The van der Waals surface area contributed by atoms with E-state index in [0.717, 1.165) is 25.0 Å². The van der Waals surface area contributed by atoms with Gasteiger partial charge >= 0.3 is 0 Å². The van der Waals surface area contributed by atoms with Crippen molar-refractivity contribution in [3.05, 3.63) is 42.0 Å². The second kappa shape index (κ2) is 7.14. The lowest BCUT2D eigenvalue weighted by Gasteiger charge is -2.32.